The third-order valence-electron chi connectivity index (χ3n) is 12.7. The van der Waals surface area contributed by atoms with E-state index in [1.165, 1.54) is 77.2 Å². The summed E-state index contributed by atoms with van der Waals surface area (Å²) in [5.41, 5.74) is 13.4. The van der Waals surface area contributed by atoms with E-state index in [4.69, 9.17) is 17.0 Å². The molecular formula is C46H46Cl2SiZr. The topological polar surface area (TPSA) is 0 Å². The van der Waals surface area contributed by atoms with Crippen LogP contribution in [-0.2, 0) is 14.1 Å². The summed E-state index contributed by atoms with van der Waals surface area (Å²) in [6, 6.07) is 44.8. The minimum absolute atomic E-state index is 0.0678. The molecule has 0 saturated heterocycles. The van der Waals surface area contributed by atoms with Gasteiger partial charge in [0.05, 0.1) is 0 Å². The van der Waals surface area contributed by atoms with Crippen LogP contribution in [0.15, 0.2) is 132 Å². The minimum atomic E-state index is -5.47. The van der Waals surface area contributed by atoms with Gasteiger partial charge in [-0.1, -0.05) is 0 Å². The fraction of sp³-hybridized carbons (Fsp3) is 0.217. The van der Waals surface area contributed by atoms with Gasteiger partial charge in [0.1, 0.15) is 0 Å². The van der Waals surface area contributed by atoms with Gasteiger partial charge >= 0.3 is 306 Å². The molecule has 4 heteroatoms. The van der Waals surface area contributed by atoms with E-state index < -0.39 is 20.7 Å². The van der Waals surface area contributed by atoms with Crippen molar-refractivity contribution in [1.82, 2.24) is 0 Å². The van der Waals surface area contributed by atoms with Gasteiger partial charge in [0.2, 0.25) is 0 Å². The van der Waals surface area contributed by atoms with Crippen molar-refractivity contribution in [2.24, 2.45) is 0 Å². The summed E-state index contributed by atoms with van der Waals surface area (Å²) < 4.78 is 1.06. The quantitative estimate of drug-likeness (QED) is 0.128. The first-order valence-corrected chi connectivity index (χ1v) is 36.9. The van der Waals surface area contributed by atoms with Crippen molar-refractivity contribution in [2.45, 2.75) is 58.0 Å². The van der Waals surface area contributed by atoms with E-state index in [0.29, 0.717) is 0 Å². The van der Waals surface area contributed by atoms with E-state index in [1.54, 1.807) is 0 Å². The van der Waals surface area contributed by atoms with Crippen LogP contribution in [0.5, 0.6) is 0 Å². The van der Waals surface area contributed by atoms with E-state index in [1.807, 2.05) is 0 Å². The molecule has 0 heterocycles. The normalized spacial score (nSPS) is 18.6. The van der Waals surface area contributed by atoms with Crippen LogP contribution in [0, 0.1) is 0 Å². The van der Waals surface area contributed by atoms with Gasteiger partial charge in [0, 0.05) is 0 Å². The number of benzene rings is 6. The molecule has 0 saturated carbocycles. The molecule has 0 spiro atoms. The Balaban J connectivity index is 1.39. The summed E-state index contributed by atoms with van der Waals surface area (Å²) in [6.45, 7) is 8.45. The Morgan fingerprint density at radius 2 is 0.920 bits per heavy atom. The summed E-state index contributed by atoms with van der Waals surface area (Å²) in [5.74, 6) is 0. The molecule has 50 heavy (non-hydrogen) atoms. The van der Waals surface area contributed by atoms with Gasteiger partial charge < -0.3 is 0 Å². The Morgan fingerprint density at radius 1 is 0.520 bits per heavy atom. The second-order valence-electron chi connectivity index (χ2n) is 15.1. The zero-order valence-electron chi connectivity index (χ0n) is 29.6. The van der Waals surface area contributed by atoms with Crippen LogP contribution in [0.3, 0.4) is 0 Å². The van der Waals surface area contributed by atoms with Crippen LogP contribution >= 0.6 is 17.0 Å². The SMILES string of the molecule is CC[CH2][Zr]([Cl])([Cl])([SiH2]C)([CH]1C(CC)=Cc2c(-c3cccc4ccccc34)cccc21)[CH]1C(CC)=Cc2c(-c3cccc4ccccc34)cccc21. The first kappa shape index (κ1) is 34.1. The fourth-order valence-electron chi connectivity index (χ4n) is 10.5. The van der Waals surface area contributed by atoms with E-state index in [2.05, 4.69) is 161 Å². The summed E-state index contributed by atoms with van der Waals surface area (Å²) in [7, 11) is 18.2. The van der Waals surface area contributed by atoms with Crippen molar-refractivity contribution < 1.29 is 14.1 Å². The van der Waals surface area contributed by atoms with Gasteiger partial charge in [-0.3, -0.25) is 0 Å². The van der Waals surface area contributed by atoms with E-state index in [-0.39, 0.29) is 7.25 Å². The molecule has 0 fully saturated rings. The summed E-state index contributed by atoms with van der Waals surface area (Å²) in [5, 5.41) is 5.10. The summed E-state index contributed by atoms with van der Waals surface area (Å²) >= 11 is -5.47. The Morgan fingerprint density at radius 3 is 1.34 bits per heavy atom. The van der Waals surface area contributed by atoms with Gasteiger partial charge in [-0.25, -0.2) is 0 Å². The second kappa shape index (κ2) is 12.3. The Bertz CT molecular complexity index is 2230. The first-order valence-electron chi connectivity index (χ1n) is 18.6. The number of halogens is 2. The predicted octanol–water partition coefficient (Wildman–Crippen LogP) is 14.2. The molecule has 2 aliphatic carbocycles. The van der Waals surface area contributed by atoms with Crippen LogP contribution in [0.1, 0.15) is 69.5 Å². The predicted molar refractivity (Wildman–Crippen MR) is 222 cm³/mol. The first-order chi connectivity index (χ1) is 24.2. The molecule has 8 rings (SSSR count). The molecule has 0 aliphatic heterocycles. The molecule has 2 atom stereocenters. The van der Waals surface area contributed by atoms with Crippen molar-refractivity contribution >= 4 is 57.4 Å². The van der Waals surface area contributed by atoms with Crippen molar-refractivity contribution in [1.29, 1.82) is 0 Å². The molecule has 2 unspecified atom stereocenters. The zero-order chi connectivity index (χ0) is 34.7. The standard InChI is InChI=1S/2C21H17.C3H7.CH5Si.2ClH.Zr/c2*1-2-15-13-17-9-6-12-20(21(17)14-15)19-11-5-8-16-7-3-4-10-18(16)19;1-3-2;1-2;;;/h2*3-14H,2H2,1H3;1,3H2,2H3;2H2,1H3;2*1H;/q;;;;;;+2/p-2. The number of fused-ring (bicyclic) bond motifs is 4. The number of allylic oxidation sites excluding steroid dienone is 2. The van der Waals surface area contributed by atoms with Crippen LogP contribution in [-0.4, -0.2) is 6.65 Å². The van der Waals surface area contributed by atoms with Gasteiger partial charge in [0.25, 0.3) is 0 Å². The number of hydrogen-bond donors (Lipinski definition) is 0. The Hall–Kier alpha value is -3.00. The molecule has 252 valence electrons. The molecular weight excluding hydrogens is 743 g/mol. The van der Waals surface area contributed by atoms with E-state index in [9.17, 15) is 0 Å². The van der Waals surface area contributed by atoms with Gasteiger partial charge in [-0.15, -0.1) is 0 Å². The average Bonchev–Trinajstić information content (AvgIpc) is 3.75. The van der Waals surface area contributed by atoms with Crippen molar-refractivity contribution in [3.8, 4) is 22.3 Å². The van der Waals surface area contributed by atoms with Crippen LogP contribution in [0.4, 0.5) is 0 Å². The maximum atomic E-state index is 9.09. The molecule has 0 N–H and O–H groups in total. The molecule has 0 bridgehead atoms. The van der Waals surface area contributed by atoms with E-state index in [0.717, 1.165) is 23.4 Å². The number of hydrogen-bond acceptors (Lipinski definition) is 0. The summed E-state index contributed by atoms with van der Waals surface area (Å²) in [4.78, 5) is 0. The van der Waals surface area contributed by atoms with Gasteiger partial charge in [0.15, 0.2) is 0 Å². The van der Waals surface area contributed by atoms with Gasteiger partial charge in [-0.2, -0.15) is 0 Å². The third kappa shape index (κ3) is 4.85. The van der Waals surface area contributed by atoms with Crippen LogP contribution < -0.4 is 0 Å². The van der Waals surface area contributed by atoms with E-state index >= 15 is 0 Å². The molecule has 0 radical (unpaired) electrons. The third-order valence-corrected chi connectivity index (χ3v) is 67.6. The van der Waals surface area contributed by atoms with Crippen LogP contribution in [0.2, 0.25) is 10.7 Å². The van der Waals surface area contributed by atoms with Crippen molar-refractivity contribution in [2.75, 3.05) is 0 Å². The number of rotatable bonds is 9. The monoisotopic (exact) mass is 786 g/mol. The molecule has 0 nitrogen and oxygen atoms in total. The second-order valence-corrected chi connectivity index (χ2v) is 68.4. The molecule has 6 aromatic rings. The van der Waals surface area contributed by atoms with Crippen molar-refractivity contribution in [3.05, 3.63) is 155 Å². The molecule has 0 aromatic heterocycles. The Kier molecular flexibility index (Phi) is 8.39. The van der Waals surface area contributed by atoms with Crippen molar-refractivity contribution in [3.63, 3.8) is 0 Å². The Labute approximate surface area is 304 Å². The van der Waals surface area contributed by atoms with Crippen LogP contribution in [0.25, 0.3) is 56.0 Å². The maximum absolute atomic E-state index is 9.09. The average molecular weight is 789 g/mol. The fourth-order valence-corrected chi connectivity index (χ4v) is 53.7. The molecule has 0 amide bonds. The molecule has 2 aliphatic rings. The summed E-state index contributed by atoms with van der Waals surface area (Å²) in [6.07, 6.45) is 7.89. The zero-order valence-corrected chi connectivity index (χ0v) is 35.0. The molecule has 6 aromatic carbocycles. The van der Waals surface area contributed by atoms with Gasteiger partial charge in [-0.05, 0) is 0 Å².